The fourth-order valence-electron chi connectivity index (χ4n) is 1.86. The van der Waals surface area contributed by atoms with Crippen molar-refractivity contribution in [2.45, 2.75) is 44.9 Å². The lowest BCUT2D eigenvalue weighted by molar-refractivity contribution is 0.230. The Morgan fingerprint density at radius 3 is 1.65 bits per heavy atom. The molecule has 1 fully saturated rings. The second kappa shape index (κ2) is 8.00. The zero-order valence-corrected chi connectivity index (χ0v) is 11.3. The molecule has 0 aromatic heterocycles. The molecule has 0 amide bonds. The smallest absolute Gasteiger partial charge is 0.0597 e. The van der Waals surface area contributed by atoms with Crippen LogP contribution in [0.3, 0.4) is 0 Å². The average molecular weight is 244 g/mol. The highest BCUT2D eigenvalue weighted by atomic mass is 16.3. The molecular formula is C12H28N4O. The summed E-state index contributed by atoms with van der Waals surface area (Å²) >= 11 is 0. The van der Waals surface area contributed by atoms with Crippen molar-refractivity contribution in [2.24, 2.45) is 0 Å². The van der Waals surface area contributed by atoms with Gasteiger partial charge in [-0.1, -0.05) is 0 Å². The third-order valence-electron chi connectivity index (χ3n) is 3.19. The molecule has 1 aliphatic heterocycles. The van der Waals surface area contributed by atoms with Gasteiger partial charge < -0.3 is 26.4 Å². The molecule has 102 valence electrons. The minimum absolute atomic E-state index is 0.138. The minimum Gasteiger partial charge on any atom is -0.395 e. The Labute approximate surface area is 105 Å². The zero-order chi connectivity index (χ0) is 12.7. The molecule has 0 unspecified atom stereocenters. The van der Waals surface area contributed by atoms with Gasteiger partial charge >= 0.3 is 0 Å². The van der Waals surface area contributed by atoms with Crippen LogP contribution in [0.25, 0.3) is 0 Å². The quantitative estimate of drug-likeness (QED) is 0.404. The Hall–Kier alpha value is -0.200. The first-order valence-corrected chi connectivity index (χ1v) is 6.66. The molecule has 0 saturated carbocycles. The Morgan fingerprint density at radius 2 is 1.18 bits per heavy atom. The monoisotopic (exact) mass is 244 g/mol. The topological polar surface area (TPSA) is 68.3 Å². The fourth-order valence-corrected chi connectivity index (χ4v) is 1.86. The number of hydrogen-bond donors (Lipinski definition) is 5. The van der Waals surface area contributed by atoms with Gasteiger partial charge in [0.1, 0.15) is 0 Å². The molecule has 1 rings (SSSR count). The SMILES string of the molecule is C[C@H]1CN[C@@H](CO)CN[C@@H](C)CN[C@@H](C)CN1. The standard InChI is InChI=1S/C12H28N4O/c1-9-4-14-11(3)6-16-12(8-17)7-15-10(2)5-13-9/h9-17H,4-8H2,1-3H3/t9-,10-,11-,12+/m0/s1. The Morgan fingerprint density at radius 1 is 0.765 bits per heavy atom. The normalized spacial score (nSPS) is 38.1. The lowest BCUT2D eigenvalue weighted by atomic mass is 10.2. The van der Waals surface area contributed by atoms with Gasteiger partial charge in [0.05, 0.1) is 6.61 Å². The summed E-state index contributed by atoms with van der Waals surface area (Å²) in [6, 6.07) is 1.46. The first-order chi connectivity index (χ1) is 8.11. The molecule has 1 saturated heterocycles. The van der Waals surface area contributed by atoms with E-state index in [2.05, 4.69) is 42.0 Å². The van der Waals surface area contributed by atoms with Gasteiger partial charge in [0.25, 0.3) is 0 Å². The second-order valence-electron chi connectivity index (χ2n) is 5.22. The highest BCUT2D eigenvalue weighted by Gasteiger charge is 2.13. The molecule has 5 N–H and O–H groups in total. The van der Waals surface area contributed by atoms with Crippen molar-refractivity contribution in [3.05, 3.63) is 0 Å². The van der Waals surface area contributed by atoms with Gasteiger partial charge in [-0.25, -0.2) is 0 Å². The highest BCUT2D eigenvalue weighted by molar-refractivity contribution is 4.78. The van der Waals surface area contributed by atoms with Gasteiger partial charge in [-0.2, -0.15) is 0 Å². The summed E-state index contributed by atoms with van der Waals surface area (Å²) in [4.78, 5) is 0. The van der Waals surface area contributed by atoms with Crippen molar-refractivity contribution in [1.82, 2.24) is 21.3 Å². The van der Waals surface area contributed by atoms with Crippen LogP contribution in [0.5, 0.6) is 0 Å². The first kappa shape index (κ1) is 14.9. The van der Waals surface area contributed by atoms with Gasteiger partial charge in [0.2, 0.25) is 0 Å². The Balaban J connectivity index is 2.44. The summed E-state index contributed by atoms with van der Waals surface area (Å²) in [7, 11) is 0. The summed E-state index contributed by atoms with van der Waals surface area (Å²) in [5.41, 5.74) is 0. The maximum atomic E-state index is 9.27. The molecule has 0 aromatic rings. The predicted octanol–water partition coefficient (Wildman–Crippen LogP) is -1.12. The Kier molecular flexibility index (Phi) is 6.99. The second-order valence-corrected chi connectivity index (χ2v) is 5.22. The largest absolute Gasteiger partial charge is 0.395 e. The maximum Gasteiger partial charge on any atom is 0.0597 e. The fraction of sp³-hybridized carbons (Fsp3) is 1.00. The first-order valence-electron chi connectivity index (χ1n) is 6.66. The van der Waals surface area contributed by atoms with Gasteiger partial charge in [-0.3, -0.25) is 0 Å². The summed E-state index contributed by atoms with van der Waals surface area (Å²) in [6.45, 7) is 10.3. The molecule has 5 heteroatoms. The zero-order valence-electron chi connectivity index (χ0n) is 11.3. The van der Waals surface area contributed by atoms with E-state index in [1.807, 2.05) is 0 Å². The predicted molar refractivity (Wildman–Crippen MR) is 71.3 cm³/mol. The lowest BCUT2D eigenvalue weighted by Gasteiger charge is -2.26. The summed E-state index contributed by atoms with van der Waals surface area (Å²) in [5.74, 6) is 0. The number of aliphatic hydroxyl groups is 1. The molecule has 17 heavy (non-hydrogen) atoms. The van der Waals surface area contributed by atoms with Crippen molar-refractivity contribution in [3.8, 4) is 0 Å². The van der Waals surface area contributed by atoms with Crippen molar-refractivity contribution in [3.63, 3.8) is 0 Å². The van der Waals surface area contributed by atoms with E-state index in [0.29, 0.717) is 18.1 Å². The van der Waals surface area contributed by atoms with Crippen LogP contribution in [0.4, 0.5) is 0 Å². The van der Waals surface area contributed by atoms with Gasteiger partial charge in [-0.05, 0) is 20.8 Å². The molecular weight excluding hydrogens is 216 g/mol. The van der Waals surface area contributed by atoms with E-state index in [-0.39, 0.29) is 12.6 Å². The minimum atomic E-state index is 0.138. The van der Waals surface area contributed by atoms with E-state index in [1.165, 1.54) is 0 Å². The van der Waals surface area contributed by atoms with E-state index in [9.17, 15) is 5.11 Å². The number of rotatable bonds is 1. The van der Waals surface area contributed by atoms with E-state index in [4.69, 9.17) is 0 Å². The van der Waals surface area contributed by atoms with Crippen LogP contribution >= 0.6 is 0 Å². The summed E-state index contributed by atoms with van der Waals surface area (Å²) in [6.07, 6.45) is 0. The van der Waals surface area contributed by atoms with Crippen molar-refractivity contribution < 1.29 is 5.11 Å². The van der Waals surface area contributed by atoms with E-state index >= 15 is 0 Å². The molecule has 0 bridgehead atoms. The molecule has 4 atom stereocenters. The van der Waals surface area contributed by atoms with Crippen molar-refractivity contribution in [2.75, 3.05) is 32.8 Å². The number of nitrogens with one attached hydrogen (secondary N) is 4. The molecule has 0 radical (unpaired) electrons. The van der Waals surface area contributed by atoms with E-state index in [0.717, 1.165) is 26.2 Å². The van der Waals surface area contributed by atoms with Gasteiger partial charge in [-0.15, -0.1) is 0 Å². The van der Waals surface area contributed by atoms with Crippen LogP contribution in [0, 0.1) is 0 Å². The van der Waals surface area contributed by atoms with Crippen LogP contribution in [-0.4, -0.2) is 62.1 Å². The van der Waals surface area contributed by atoms with Crippen LogP contribution in [-0.2, 0) is 0 Å². The average Bonchev–Trinajstić information content (AvgIpc) is 2.32. The van der Waals surface area contributed by atoms with Crippen LogP contribution < -0.4 is 21.3 Å². The van der Waals surface area contributed by atoms with Gasteiger partial charge in [0, 0.05) is 50.3 Å². The van der Waals surface area contributed by atoms with Crippen LogP contribution in [0.1, 0.15) is 20.8 Å². The molecule has 0 aliphatic carbocycles. The molecule has 5 nitrogen and oxygen atoms in total. The highest BCUT2D eigenvalue weighted by Crippen LogP contribution is 1.90. The number of aliphatic hydroxyl groups excluding tert-OH is 1. The molecule has 1 heterocycles. The molecule has 0 aromatic carbocycles. The van der Waals surface area contributed by atoms with Crippen LogP contribution in [0.2, 0.25) is 0 Å². The Bertz CT molecular complexity index is 185. The third-order valence-corrected chi connectivity index (χ3v) is 3.19. The lowest BCUT2D eigenvalue weighted by Crippen LogP contribution is -2.53. The van der Waals surface area contributed by atoms with E-state index in [1.54, 1.807) is 0 Å². The third kappa shape index (κ3) is 6.33. The molecule has 1 aliphatic rings. The van der Waals surface area contributed by atoms with Crippen molar-refractivity contribution >= 4 is 0 Å². The molecule has 0 spiro atoms. The van der Waals surface area contributed by atoms with Crippen molar-refractivity contribution in [1.29, 1.82) is 0 Å². The van der Waals surface area contributed by atoms with E-state index < -0.39 is 0 Å². The number of hydrogen-bond acceptors (Lipinski definition) is 5. The van der Waals surface area contributed by atoms with Gasteiger partial charge in [0.15, 0.2) is 0 Å². The summed E-state index contributed by atoms with van der Waals surface area (Å²) in [5, 5.41) is 23.1. The summed E-state index contributed by atoms with van der Waals surface area (Å²) < 4.78 is 0. The van der Waals surface area contributed by atoms with Crippen LogP contribution in [0.15, 0.2) is 0 Å². The maximum absolute atomic E-state index is 9.27.